The fourth-order valence-electron chi connectivity index (χ4n) is 4.02. The van der Waals surface area contributed by atoms with Gasteiger partial charge in [-0.25, -0.2) is 4.98 Å². The van der Waals surface area contributed by atoms with Crippen LogP contribution in [-0.2, 0) is 15.6 Å². The molecule has 30 heavy (non-hydrogen) atoms. The zero-order chi connectivity index (χ0) is 22.3. The number of thiazole rings is 1. The van der Waals surface area contributed by atoms with Gasteiger partial charge in [0.15, 0.2) is 0 Å². The highest BCUT2D eigenvalue weighted by Crippen LogP contribution is 2.43. The summed E-state index contributed by atoms with van der Waals surface area (Å²) in [7, 11) is 0. The second-order valence-corrected chi connectivity index (χ2v) is 11.4. The van der Waals surface area contributed by atoms with E-state index in [1.807, 2.05) is 4.90 Å². The van der Waals surface area contributed by atoms with Gasteiger partial charge in [-0.15, -0.1) is 22.9 Å². The van der Waals surface area contributed by atoms with E-state index in [1.54, 1.807) is 11.3 Å². The number of phenolic OH excluding ortho intramolecular Hbond substituents is 1. The first-order valence-corrected chi connectivity index (χ1v) is 12.0. The van der Waals surface area contributed by atoms with E-state index in [0.717, 1.165) is 53.3 Å². The molecule has 0 atom stereocenters. The van der Waals surface area contributed by atoms with Crippen molar-refractivity contribution >= 4 is 28.8 Å². The molecule has 1 aliphatic heterocycles. The first-order chi connectivity index (χ1) is 13.9. The quantitative estimate of drug-likeness (QED) is 0.581. The summed E-state index contributed by atoms with van der Waals surface area (Å²) in [6.45, 7) is 14.2. The minimum absolute atomic E-state index is 0.0163. The third-order valence-electron chi connectivity index (χ3n) is 5.88. The molecule has 3 rings (SSSR count). The maximum atomic E-state index is 11.8. The number of nitrogens with zero attached hydrogens (tertiary/aromatic N) is 2. The van der Waals surface area contributed by atoms with E-state index in [2.05, 4.69) is 59.1 Å². The summed E-state index contributed by atoms with van der Waals surface area (Å²) in [6.07, 6.45) is 1.84. The largest absolute Gasteiger partial charge is 0.507 e. The van der Waals surface area contributed by atoms with Crippen LogP contribution >= 0.6 is 22.9 Å². The molecule has 1 N–H and O–H groups in total. The molecule has 0 saturated carbocycles. The lowest BCUT2D eigenvalue weighted by Gasteiger charge is -2.30. The first-order valence-electron chi connectivity index (χ1n) is 10.6. The van der Waals surface area contributed by atoms with Crippen LogP contribution < -0.4 is 0 Å². The number of carbonyl (C=O) groups is 1. The number of benzene rings is 1. The molecular formula is C24H33ClN2O2S. The summed E-state index contributed by atoms with van der Waals surface area (Å²) < 4.78 is 0. The molecule has 1 aromatic carbocycles. The minimum Gasteiger partial charge on any atom is -0.507 e. The Bertz CT molecular complexity index is 881. The van der Waals surface area contributed by atoms with Gasteiger partial charge in [0, 0.05) is 41.1 Å². The van der Waals surface area contributed by atoms with Gasteiger partial charge >= 0.3 is 0 Å². The van der Waals surface area contributed by atoms with E-state index in [0.29, 0.717) is 11.7 Å². The Balaban J connectivity index is 1.91. The number of alkyl halides is 1. The third-order valence-corrected chi connectivity index (χ3v) is 7.01. The number of carbonyl (C=O) groups excluding carboxylic acids is 1. The van der Waals surface area contributed by atoms with E-state index in [9.17, 15) is 9.90 Å². The second-order valence-electron chi connectivity index (χ2n) is 10.3. The summed E-state index contributed by atoms with van der Waals surface area (Å²) in [5.74, 6) is 0.837. The third kappa shape index (κ3) is 4.83. The van der Waals surface area contributed by atoms with Crippen molar-refractivity contribution in [2.24, 2.45) is 0 Å². The SMILES string of the molecule is CC(C)(C)c1cc(-c2nc(C3CCN(C(=O)CCl)CC3)cs2)cc(C(C)(C)C)c1O. The average Bonchev–Trinajstić information content (AvgIpc) is 3.16. The van der Waals surface area contributed by atoms with Gasteiger partial charge in [0.1, 0.15) is 16.6 Å². The van der Waals surface area contributed by atoms with Crippen molar-refractivity contribution in [3.05, 3.63) is 34.3 Å². The van der Waals surface area contributed by atoms with Crippen LogP contribution in [0.5, 0.6) is 5.75 Å². The first kappa shape index (κ1) is 23.1. The molecule has 0 unspecified atom stereocenters. The normalized spacial score (nSPS) is 16.2. The molecule has 0 aliphatic carbocycles. The van der Waals surface area contributed by atoms with Crippen molar-refractivity contribution in [1.82, 2.24) is 9.88 Å². The maximum absolute atomic E-state index is 11.8. The van der Waals surface area contributed by atoms with Crippen molar-refractivity contribution in [3.8, 4) is 16.3 Å². The number of likely N-dealkylation sites (tertiary alicyclic amines) is 1. The van der Waals surface area contributed by atoms with Gasteiger partial charge in [-0.2, -0.15) is 0 Å². The smallest absolute Gasteiger partial charge is 0.237 e. The van der Waals surface area contributed by atoms with Gasteiger partial charge < -0.3 is 10.0 Å². The molecule has 4 nitrogen and oxygen atoms in total. The van der Waals surface area contributed by atoms with Crippen LogP contribution in [0, 0.1) is 0 Å². The van der Waals surface area contributed by atoms with Crippen LogP contribution in [0.1, 0.15) is 77.1 Å². The molecule has 6 heteroatoms. The average molecular weight is 449 g/mol. The highest BCUT2D eigenvalue weighted by Gasteiger charge is 2.28. The molecule has 164 valence electrons. The van der Waals surface area contributed by atoms with Crippen LogP contribution in [0.3, 0.4) is 0 Å². The summed E-state index contributed by atoms with van der Waals surface area (Å²) in [4.78, 5) is 18.6. The number of amides is 1. The zero-order valence-electron chi connectivity index (χ0n) is 18.9. The number of aromatic nitrogens is 1. The number of hydrogen-bond donors (Lipinski definition) is 1. The second kappa shape index (κ2) is 8.51. The fraction of sp³-hybridized carbons (Fsp3) is 0.583. The molecule has 2 aromatic rings. The molecule has 0 radical (unpaired) electrons. The Hall–Kier alpha value is -1.59. The summed E-state index contributed by atoms with van der Waals surface area (Å²) in [5.41, 5.74) is 3.75. The summed E-state index contributed by atoms with van der Waals surface area (Å²) >= 11 is 7.35. The van der Waals surface area contributed by atoms with Crippen molar-refractivity contribution < 1.29 is 9.90 Å². The molecule has 2 heterocycles. The molecular weight excluding hydrogens is 416 g/mol. The molecule has 1 fully saturated rings. The van der Waals surface area contributed by atoms with Gasteiger partial charge in [-0.3, -0.25) is 4.79 Å². The Morgan fingerprint density at radius 3 is 2.13 bits per heavy atom. The minimum atomic E-state index is -0.165. The van der Waals surface area contributed by atoms with E-state index in [-0.39, 0.29) is 22.6 Å². The monoisotopic (exact) mass is 448 g/mol. The topological polar surface area (TPSA) is 53.4 Å². The van der Waals surface area contributed by atoms with Crippen molar-refractivity contribution in [1.29, 1.82) is 0 Å². The molecule has 1 aliphatic rings. The maximum Gasteiger partial charge on any atom is 0.237 e. The van der Waals surface area contributed by atoms with Crippen LogP contribution in [-0.4, -0.2) is 39.9 Å². The Kier molecular flexibility index (Phi) is 6.54. The highest BCUT2D eigenvalue weighted by atomic mass is 35.5. The molecule has 0 spiro atoms. The highest BCUT2D eigenvalue weighted by molar-refractivity contribution is 7.13. The fourth-order valence-corrected chi connectivity index (χ4v) is 5.08. The summed E-state index contributed by atoms with van der Waals surface area (Å²) in [5, 5.41) is 14.1. The van der Waals surface area contributed by atoms with Gasteiger partial charge in [0.2, 0.25) is 5.91 Å². The number of halogens is 1. The standard InChI is InChI=1S/C24H33ClN2O2S/c1-23(2,3)17-11-16(12-18(21(17)29)24(4,5)6)22-26-19(14-30-22)15-7-9-27(10-8-15)20(28)13-25/h11-12,14-15,29H,7-10,13H2,1-6H3. The lowest BCUT2D eigenvalue weighted by molar-refractivity contribution is -0.129. The molecule has 1 aromatic heterocycles. The molecule has 1 amide bonds. The van der Waals surface area contributed by atoms with E-state index < -0.39 is 0 Å². The van der Waals surface area contributed by atoms with Crippen molar-refractivity contribution in [3.63, 3.8) is 0 Å². The zero-order valence-corrected chi connectivity index (χ0v) is 20.5. The molecule has 1 saturated heterocycles. The van der Waals surface area contributed by atoms with E-state index >= 15 is 0 Å². The van der Waals surface area contributed by atoms with Gasteiger partial charge in [0.05, 0.1) is 5.69 Å². The predicted molar refractivity (Wildman–Crippen MR) is 126 cm³/mol. The van der Waals surface area contributed by atoms with Gasteiger partial charge in [0.25, 0.3) is 0 Å². The van der Waals surface area contributed by atoms with Crippen LogP contribution in [0.4, 0.5) is 0 Å². The Morgan fingerprint density at radius 2 is 1.67 bits per heavy atom. The number of hydrogen-bond acceptors (Lipinski definition) is 4. The van der Waals surface area contributed by atoms with E-state index in [1.165, 1.54) is 0 Å². The van der Waals surface area contributed by atoms with Crippen LogP contribution in [0.25, 0.3) is 10.6 Å². The van der Waals surface area contributed by atoms with E-state index in [4.69, 9.17) is 16.6 Å². The Labute approximate surface area is 189 Å². The van der Waals surface area contributed by atoms with Crippen LogP contribution in [0.2, 0.25) is 0 Å². The van der Waals surface area contributed by atoms with Crippen LogP contribution in [0.15, 0.2) is 17.5 Å². The number of rotatable bonds is 3. The predicted octanol–water partition coefficient (Wildman–Crippen LogP) is 6.06. The van der Waals surface area contributed by atoms with Crippen molar-refractivity contribution in [2.45, 2.75) is 71.1 Å². The number of phenols is 1. The number of piperidine rings is 1. The summed E-state index contributed by atoms with van der Waals surface area (Å²) in [6, 6.07) is 4.18. The van der Waals surface area contributed by atoms with Gasteiger partial charge in [-0.1, -0.05) is 41.5 Å². The molecule has 0 bridgehead atoms. The lowest BCUT2D eigenvalue weighted by Crippen LogP contribution is -2.38. The Morgan fingerprint density at radius 1 is 1.13 bits per heavy atom. The lowest BCUT2D eigenvalue weighted by atomic mass is 9.78. The van der Waals surface area contributed by atoms with Crippen molar-refractivity contribution in [2.75, 3.05) is 19.0 Å². The number of aromatic hydroxyl groups is 1. The van der Waals surface area contributed by atoms with Gasteiger partial charge in [-0.05, 0) is 35.8 Å².